The van der Waals surface area contributed by atoms with E-state index in [2.05, 4.69) is 43.8 Å². The van der Waals surface area contributed by atoms with Crippen LogP contribution in [0.15, 0.2) is 70.7 Å². The first kappa shape index (κ1) is 23.0. The molecular weight excluding hydrogens is 567 g/mol. The van der Waals surface area contributed by atoms with Crippen molar-refractivity contribution in [3.05, 3.63) is 96.5 Å². The fourth-order valence-corrected chi connectivity index (χ4v) is 3.69. The molecule has 0 fully saturated rings. The fourth-order valence-electron chi connectivity index (χ4n) is 2.95. The predicted octanol–water partition coefficient (Wildman–Crippen LogP) is 6.80. The van der Waals surface area contributed by atoms with Crippen molar-refractivity contribution in [3.63, 3.8) is 0 Å². The van der Waals surface area contributed by atoms with E-state index in [-0.39, 0.29) is 5.57 Å². The number of hydrogen-bond acceptors (Lipinski definition) is 3. The van der Waals surface area contributed by atoms with Crippen LogP contribution in [0.25, 0.3) is 6.08 Å². The molecule has 0 saturated carbocycles. The molecule has 0 atom stereocenters. The highest BCUT2D eigenvalue weighted by molar-refractivity contribution is 14.1. The van der Waals surface area contributed by atoms with E-state index in [0.29, 0.717) is 23.6 Å². The lowest BCUT2D eigenvalue weighted by Crippen LogP contribution is -2.14. The second-order valence-corrected chi connectivity index (χ2v) is 9.20. The lowest BCUT2D eigenvalue weighted by Gasteiger charge is -2.11. The fraction of sp³-hybridized carbons (Fsp3) is 0.120. The highest BCUT2D eigenvalue weighted by atomic mass is 127. The van der Waals surface area contributed by atoms with E-state index in [1.165, 1.54) is 0 Å². The Kier molecular flexibility index (Phi) is 7.88. The average Bonchev–Trinajstić information content (AvgIpc) is 2.74. The summed E-state index contributed by atoms with van der Waals surface area (Å²) >= 11 is 5.71. The third-order valence-electron chi connectivity index (χ3n) is 4.57. The minimum absolute atomic E-state index is 0.00260. The number of halogens is 2. The van der Waals surface area contributed by atoms with Crippen LogP contribution >= 0.6 is 38.5 Å². The molecule has 156 valence electrons. The van der Waals surface area contributed by atoms with E-state index in [4.69, 9.17) is 4.74 Å². The lowest BCUT2D eigenvalue weighted by molar-refractivity contribution is -0.112. The van der Waals surface area contributed by atoms with Crippen LogP contribution in [0.2, 0.25) is 0 Å². The van der Waals surface area contributed by atoms with Gasteiger partial charge in [0.1, 0.15) is 24.0 Å². The number of amides is 1. The first-order valence-electron chi connectivity index (χ1n) is 9.53. The van der Waals surface area contributed by atoms with Gasteiger partial charge in [0.15, 0.2) is 0 Å². The molecule has 4 nitrogen and oxygen atoms in total. The monoisotopic (exact) mass is 586 g/mol. The third kappa shape index (κ3) is 6.42. The molecule has 0 unspecified atom stereocenters. The van der Waals surface area contributed by atoms with Crippen LogP contribution in [-0.4, -0.2) is 5.91 Å². The lowest BCUT2D eigenvalue weighted by atomic mass is 10.1. The van der Waals surface area contributed by atoms with Crippen LogP contribution in [0.5, 0.6) is 5.75 Å². The van der Waals surface area contributed by atoms with Crippen LogP contribution in [0, 0.1) is 28.7 Å². The summed E-state index contributed by atoms with van der Waals surface area (Å²) in [7, 11) is 0. The molecule has 3 rings (SSSR count). The van der Waals surface area contributed by atoms with Gasteiger partial charge >= 0.3 is 0 Å². The minimum Gasteiger partial charge on any atom is -0.488 e. The Morgan fingerprint density at radius 1 is 1.13 bits per heavy atom. The molecule has 0 aliphatic carbocycles. The van der Waals surface area contributed by atoms with E-state index < -0.39 is 5.91 Å². The maximum atomic E-state index is 12.7. The summed E-state index contributed by atoms with van der Waals surface area (Å²) in [6.45, 7) is 4.30. The van der Waals surface area contributed by atoms with E-state index in [9.17, 15) is 10.1 Å². The van der Waals surface area contributed by atoms with Gasteiger partial charge in [0.2, 0.25) is 0 Å². The van der Waals surface area contributed by atoms with E-state index in [1.54, 1.807) is 6.08 Å². The molecule has 0 saturated heterocycles. The maximum Gasteiger partial charge on any atom is 0.266 e. The summed E-state index contributed by atoms with van der Waals surface area (Å²) in [6, 6.07) is 21.3. The number of aryl methyl sites for hydroxylation is 2. The Morgan fingerprint density at radius 3 is 2.55 bits per heavy atom. The quantitative estimate of drug-likeness (QED) is 0.196. The molecule has 31 heavy (non-hydrogen) atoms. The number of nitrogens with zero attached hydrogens (tertiary/aromatic N) is 1. The first-order chi connectivity index (χ1) is 14.9. The molecule has 1 N–H and O–H groups in total. The second kappa shape index (κ2) is 10.6. The second-order valence-electron chi connectivity index (χ2n) is 7.04. The number of carbonyl (C=O) groups is 1. The zero-order chi connectivity index (χ0) is 22.4. The molecular formula is C25H20BrIN2O2. The van der Waals surface area contributed by atoms with Crippen molar-refractivity contribution in [2.24, 2.45) is 0 Å². The van der Waals surface area contributed by atoms with Crippen LogP contribution in [0.3, 0.4) is 0 Å². The summed E-state index contributed by atoms with van der Waals surface area (Å²) < 4.78 is 7.97. The van der Waals surface area contributed by atoms with Crippen molar-refractivity contribution in [1.82, 2.24) is 0 Å². The molecule has 0 radical (unpaired) electrons. The van der Waals surface area contributed by atoms with Gasteiger partial charge in [-0.25, -0.2) is 0 Å². The highest BCUT2D eigenvalue weighted by Crippen LogP contribution is 2.27. The summed E-state index contributed by atoms with van der Waals surface area (Å²) in [4.78, 5) is 12.7. The standard InChI is InChI=1S/C25H20BrIN2O2/c1-16-3-9-23(17(2)11-16)29-25(30)20(14-28)12-19-13-21(26)6-10-24(19)31-15-18-4-7-22(27)8-5-18/h3-13H,15H2,1-2H3,(H,29,30)/b20-12+. The van der Waals surface area contributed by atoms with Crippen molar-refractivity contribution < 1.29 is 9.53 Å². The van der Waals surface area contributed by atoms with Crippen molar-refractivity contribution in [2.75, 3.05) is 5.32 Å². The number of carbonyl (C=O) groups excluding carboxylic acids is 1. The van der Waals surface area contributed by atoms with Crippen LogP contribution < -0.4 is 10.1 Å². The summed E-state index contributed by atoms with van der Waals surface area (Å²) in [5.74, 6) is 0.131. The Bertz CT molecular complexity index is 1180. The summed E-state index contributed by atoms with van der Waals surface area (Å²) in [5.41, 5.74) is 4.40. The molecule has 0 aliphatic rings. The van der Waals surface area contributed by atoms with Crippen molar-refractivity contribution in [1.29, 1.82) is 5.26 Å². The number of hydrogen-bond donors (Lipinski definition) is 1. The zero-order valence-electron chi connectivity index (χ0n) is 17.1. The molecule has 1 amide bonds. The Morgan fingerprint density at radius 2 is 1.87 bits per heavy atom. The summed E-state index contributed by atoms with van der Waals surface area (Å²) in [5, 5.41) is 12.4. The van der Waals surface area contributed by atoms with Gasteiger partial charge < -0.3 is 10.1 Å². The molecule has 3 aromatic rings. The average molecular weight is 587 g/mol. The van der Waals surface area contributed by atoms with Crippen molar-refractivity contribution in [2.45, 2.75) is 20.5 Å². The van der Waals surface area contributed by atoms with Gasteiger partial charge in [-0.2, -0.15) is 5.26 Å². The van der Waals surface area contributed by atoms with E-state index >= 15 is 0 Å². The number of anilines is 1. The van der Waals surface area contributed by atoms with Gasteiger partial charge in [0.05, 0.1) is 0 Å². The van der Waals surface area contributed by atoms with E-state index in [0.717, 1.165) is 24.7 Å². The molecule has 3 aromatic carbocycles. The number of nitrogens with one attached hydrogen (secondary N) is 1. The molecule has 0 spiro atoms. The van der Waals surface area contributed by atoms with Gasteiger partial charge in [-0.05, 0) is 90.0 Å². The predicted molar refractivity (Wildman–Crippen MR) is 136 cm³/mol. The number of nitriles is 1. The van der Waals surface area contributed by atoms with Crippen LogP contribution in [0.1, 0.15) is 22.3 Å². The Hall–Kier alpha value is -2.63. The van der Waals surface area contributed by atoms with Gasteiger partial charge in [0, 0.05) is 19.3 Å². The normalized spacial score (nSPS) is 11.0. The van der Waals surface area contributed by atoms with Crippen LogP contribution in [-0.2, 0) is 11.4 Å². The Balaban J connectivity index is 1.83. The van der Waals surface area contributed by atoms with Crippen molar-refractivity contribution >= 4 is 56.2 Å². The molecule has 0 aromatic heterocycles. The molecule has 0 heterocycles. The van der Waals surface area contributed by atoms with Crippen LogP contribution in [0.4, 0.5) is 5.69 Å². The van der Waals surface area contributed by atoms with Gasteiger partial charge in [0.25, 0.3) is 5.91 Å². The Labute approximate surface area is 204 Å². The SMILES string of the molecule is Cc1ccc(NC(=O)/C(C#N)=C/c2cc(Br)ccc2OCc2ccc(I)cc2)c(C)c1. The van der Waals surface area contributed by atoms with E-state index in [1.807, 2.05) is 80.6 Å². The van der Waals surface area contributed by atoms with Gasteiger partial charge in [-0.3, -0.25) is 4.79 Å². The smallest absolute Gasteiger partial charge is 0.266 e. The first-order valence-corrected chi connectivity index (χ1v) is 11.4. The van der Waals surface area contributed by atoms with Gasteiger partial charge in [-0.15, -0.1) is 0 Å². The molecule has 0 aliphatic heterocycles. The minimum atomic E-state index is -0.460. The van der Waals surface area contributed by atoms with Crippen molar-refractivity contribution in [3.8, 4) is 11.8 Å². The summed E-state index contributed by atoms with van der Waals surface area (Å²) in [6.07, 6.45) is 1.55. The number of benzene rings is 3. The maximum absolute atomic E-state index is 12.7. The highest BCUT2D eigenvalue weighted by Gasteiger charge is 2.13. The zero-order valence-corrected chi connectivity index (χ0v) is 20.8. The molecule has 6 heteroatoms. The largest absolute Gasteiger partial charge is 0.488 e. The van der Waals surface area contributed by atoms with Gasteiger partial charge in [-0.1, -0.05) is 45.8 Å². The molecule has 0 bridgehead atoms. The topological polar surface area (TPSA) is 62.1 Å². The number of ether oxygens (including phenoxy) is 1. The number of rotatable bonds is 6. The third-order valence-corrected chi connectivity index (χ3v) is 5.79.